The number of hydrogen-bond donors (Lipinski definition) is 1. The number of likely N-dealkylation sites (tertiary alicyclic amines) is 1. The Bertz CT molecular complexity index is 958. The molecule has 1 atom stereocenters. The fourth-order valence-electron chi connectivity index (χ4n) is 3.64. The van der Waals surface area contributed by atoms with E-state index in [4.69, 9.17) is 4.98 Å². The Labute approximate surface area is 179 Å². The Hall–Kier alpha value is -2.09. The molecule has 5 nitrogen and oxygen atoms in total. The standard InChI is InChI=1S/C22H26N4OS2/c1-22(2,3)16-8-6-15(7-9-16)20(27)25-21-24-17(14-29-21)18-5-4-11-26(18)13-19-23-10-12-28-19/h6-10,12,14,18H,4-5,11,13H2,1-3H3,(H,24,25,27)/t18-/m1/s1. The third-order valence-corrected chi connectivity index (χ3v) is 6.82. The van der Waals surface area contributed by atoms with Gasteiger partial charge >= 0.3 is 0 Å². The topological polar surface area (TPSA) is 58.1 Å². The zero-order valence-corrected chi connectivity index (χ0v) is 18.6. The molecule has 3 aromatic rings. The molecule has 0 bridgehead atoms. The molecule has 0 radical (unpaired) electrons. The SMILES string of the molecule is CC(C)(C)c1ccc(C(=O)Nc2nc([C@H]3CCCN3Cc3nccs3)cs2)cc1. The molecule has 1 amide bonds. The molecule has 3 heterocycles. The molecule has 152 valence electrons. The fourth-order valence-corrected chi connectivity index (χ4v) is 5.04. The predicted octanol–water partition coefficient (Wildman–Crippen LogP) is 5.49. The Balaban J connectivity index is 1.41. The maximum Gasteiger partial charge on any atom is 0.257 e. The molecule has 2 aromatic heterocycles. The van der Waals surface area contributed by atoms with Crippen LogP contribution in [0.25, 0.3) is 0 Å². The summed E-state index contributed by atoms with van der Waals surface area (Å²) < 4.78 is 0. The van der Waals surface area contributed by atoms with Crippen molar-refractivity contribution in [2.45, 2.75) is 51.6 Å². The minimum Gasteiger partial charge on any atom is -0.298 e. The van der Waals surface area contributed by atoms with E-state index in [1.807, 2.05) is 35.8 Å². The van der Waals surface area contributed by atoms with Crippen LogP contribution in [-0.2, 0) is 12.0 Å². The second-order valence-electron chi connectivity index (χ2n) is 8.41. The summed E-state index contributed by atoms with van der Waals surface area (Å²) in [6.45, 7) is 8.42. The van der Waals surface area contributed by atoms with E-state index in [-0.39, 0.29) is 11.3 Å². The number of benzene rings is 1. The molecule has 1 aromatic carbocycles. The van der Waals surface area contributed by atoms with Crippen LogP contribution >= 0.6 is 22.7 Å². The maximum absolute atomic E-state index is 12.6. The molecule has 1 aliphatic heterocycles. The average molecular weight is 427 g/mol. The van der Waals surface area contributed by atoms with Crippen molar-refractivity contribution in [2.75, 3.05) is 11.9 Å². The molecular formula is C22H26N4OS2. The number of aromatic nitrogens is 2. The summed E-state index contributed by atoms with van der Waals surface area (Å²) in [7, 11) is 0. The first-order valence-electron chi connectivity index (χ1n) is 9.90. The molecule has 0 saturated carbocycles. The highest BCUT2D eigenvalue weighted by Gasteiger charge is 2.28. The molecule has 1 saturated heterocycles. The highest BCUT2D eigenvalue weighted by atomic mass is 32.1. The van der Waals surface area contributed by atoms with Crippen LogP contribution in [0, 0.1) is 0 Å². The number of amides is 1. The number of hydrogen-bond acceptors (Lipinski definition) is 6. The van der Waals surface area contributed by atoms with Crippen LogP contribution in [0.15, 0.2) is 41.2 Å². The number of carbonyl (C=O) groups excluding carboxylic acids is 1. The van der Waals surface area contributed by atoms with Crippen LogP contribution in [0.3, 0.4) is 0 Å². The molecule has 29 heavy (non-hydrogen) atoms. The summed E-state index contributed by atoms with van der Waals surface area (Å²) in [4.78, 5) is 24.2. The molecule has 4 rings (SSSR count). The molecule has 7 heteroatoms. The van der Waals surface area contributed by atoms with E-state index in [0.717, 1.165) is 36.6 Å². The number of nitrogens with zero attached hydrogens (tertiary/aromatic N) is 3. The number of nitrogens with one attached hydrogen (secondary N) is 1. The van der Waals surface area contributed by atoms with Crippen molar-refractivity contribution >= 4 is 33.7 Å². The van der Waals surface area contributed by atoms with E-state index >= 15 is 0 Å². The summed E-state index contributed by atoms with van der Waals surface area (Å²) in [5, 5.41) is 8.85. The van der Waals surface area contributed by atoms with E-state index < -0.39 is 0 Å². The lowest BCUT2D eigenvalue weighted by Gasteiger charge is -2.21. The molecular weight excluding hydrogens is 400 g/mol. The number of anilines is 1. The zero-order chi connectivity index (χ0) is 20.4. The normalized spacial score (nSPS) is 17.6. The van der Waals surface area contributed by atoms with Crippen molar-refractivity contribution in [3.05, 3.63) is 63.1 Å². The van der Waals surface area contributed by atoms with Crippen molar-refractivity contribution in [1.29, 1.82) is 0 Å². The van der Waals surface area contributed by atoms with Gasteiger partial charge in [0.1, 0.15) is 5.01 Å². The predicted molar refractivity (Wildman–Crippen MR) is 120 cm³/mol. The van der Waals surface area contributed by atoms with Crippen LogP contribution < -0.4 is 5.32 Å². The Morgan fingerprint density at radius 1 is 1.24 bits per heavy atom. The van der Waals surface area contributed by atoms with Crippen molar-refractivity contribution in [2.24, 2.45) is 0 Å². The smallest absolute Gasteiger partial charge is 0.257 e. The first-order valence-corrected chi connectivity index (χ1v) is 11.7. The summed E-state index contributed by atoms with van der Waals surface area (Å²) in [5.74, 6) is -0.113. The third kappa shape index (κ3) is 4.74. The van der Waals surface area contributed by atoms with Gasteiger partial charge in [-0.15, -0.1) is 22.7 Å². The quantitative estimate of drug-likeness (QED) is 0.586. The first kappa shape index (κ1) is 20.2. The van der Waals surface area contributed by atoms with E-state index in [0.29, 0.717) is 16.7 Å². The largest absolute Gasteiger partial charge is 0.298 e. The number of carbonyl (C=O) groups is 1. The highest BCUT2D eigenvalue weighted by molar-refractivity contribution is 7.14. The van der Waals surface area contributed by atoms with Gasteiger partial charge in [0.05, 0.1) is 18.3 Å². The van der Waals surface area contributed by atoms with Gasteiger partial charge in [-0.1, -0.05) is 32.9 Å². The summed E-state index contributed by atoms with van der Waals surface area (Å²) in [6, 6.07) is 8.12. The van der Waals surface area contributed by atoms with Gasteiger partial charge in [0.25, 0.3) is 5.91 Å². The van der Waals surface area contributed by atoms with Crippen molar-refractivity contribution in [3.63, 3.8) is 0 Å². The van der Waals surface area contributed by atoms with E-state index in [1.165, 1.54) is 16.9 Å². The molecule has 1 fully saturated rings. The van der Waals surface area contributed by atoms with E-state index in [9.17, 15) is 4.79 Å². The number of rotatable bonds is 5. The first-order chi connectivity index (χ1) is 13.9. The molecule has 0 unspecified atom stereocenters. The summed E-state index contributed by atoms with van der Waals surface area (Å²) in [5.41, 5.74) is 2.99. The minimum atomic E-state index is -0.113. The van der Waals surface area contributed by atoms with Crippen LogP contribution in [0.2, 0.25) is 0 Å². The molecule has 1 aliphatic rings. The Kier molecular flexibility index (Phi) is 5.81. The van der Waals surface area contributed by atoms with Gasteiger partial charge in [-0.05, 0) is 42.5 Å². The Morgan fingerprint density at radius 3 is 2.72 bits per heavy atom. The second kappa shape index (κ2) is 8.34. The van der Waals surface area contributed by atoms with Crippen molar-refractivity contribution < 1.29 is 4.79 Å². The lowest BCUT2D eigenvalue weighted by atomic mass is 9.87. The zero-order valence-electron chi connectivity index (χ0n) is 17.0. The van der Waals surface area contributed by atoms with Gasteiger partial charge in [-0.25, -0.2) is 9.97 Å². The van der Waals surface area contributed by atoms with E-state index in [1.54, 1.807) is 11.3 Å². The average Bonchev–Trinajstić information content (AvgIpc) is 3.43. The van der Waals surface area contributed by atoms with Crippen LogP contribution in [0.1, 0.15) is 66.3 Å². The van der Waals surface area contributed by atoms with Gasteiger partial charge in [-0.3, -0.25) is 15.0 Å². The lowest BCUT2D eigenvalue weighted by Crippen LogP contribution is -2.23. The second-order valence-corrected chi connectivity index (χ2v) is 10.3. The van der Waals surface area contributed by atoms with Gasteiger partial charge in [0.2, 0.25) is 0 Å². The van der Waals surface area contributed by atoms with Crippen molar-refractivity contribution in [1.82, 2.24) is 14.9 Å². The van der Waals surface area contributed by atoms with Crippen LogP contribution in [0.5, 0.6) is 0 Å². The van der Waals surface area contributed by atoms with Gasteiger partial charge in [-0.2, -0.15) is 0 Å². The number of thiazole rings is 2. The lowest BCUT2D eigenvalue weighted by molar-refractivity contribution is 0.102. The molecule has 0 spiro atoms. The Morgan fingerprint density at radius 2 is 2.03 bits per heavy atom. The monoisotopic (exact) mass is 426 g/mol. The van der Waals surface area contributed by atoms with Gasteiger partial charge in [0.15, 0.2) is 5.13 Å². The van der Waals surface area contributed by atoms with Gasteiger partial charge < -0.3 is 0 Å². The fraction of sp³-hybridized carbons (Fsp3) is 0.409. The maximum atomic E-state index is 12.6. The van der Waals surface area contributed by atoms with Crippen molar-refractivity contribution in [3.8, 4) is 0 Å². The molecule has 1 N–H and O–H groups in total. The van der Waals surface area contributed by atoms with Crippen LogP contribution in [-0.4, -0.2) is 27.3 Å². The third-order valence-electron chi connectivity index (χ3n) is 5.28. The molecule has 0 aliphatic carbocycles. The van der Waals surface area contributed by atoms with Gasteiger partial charge in [0, 0.05) is 22.5 Å². The van der Waals surface area contributed by atoms with E-state index in [2.05, 4.69) is 41.4 Å². The van der Waals surface area contributed by atoms with Crippen LogP contribution in [0.4, 0.5) is 5.13 Å². The highest BCUT2D eigenvalue weighted by Crippen LogP contribution is 2.35. The summed E-state index contributed by atoms with van der Waals surface area (Å²) >= 11 is 3.19. The minimum absolute atomic E-state index is 0.0744. The summed E-state index contributed by atoms with van der Waals surface area (Å²) in [6.07, 6.45) is 4.11.